The van der Waals surface area contributed by atoms with Crippen molar-refractivity contribution >= 4 is 82.8 Å². The summed E-state index contributed by atoms with van der Waals surface area (Å²) >= 11 is 1.43. The molecule has 28 heteroatoms. The van der Waals surface area contributed by atoms with E-state index in [4.69, 9.17) is 17.2 Å². The number of carboxylic acids is 2. The number of thioether (sulfide) groups is 1. The lowest BCUT2D eigenvalue weighted by Gasteiger charge is -2.29. The Morgan fingerprint density at radius 3 is 1.48 bits per heavy atom. The van der Waals surface area contributed by atoms with Crippen LogP contribution in [-0.2, 0) is 70.4 Å². The molecule has 0 bridgehead atoms. The maximum Gasteiger partial charge on any atom is 0.328 e. The first-order valence-corrected chi connectivity index (χ1v) is 26.7. The Balaban J connectivity index is 2.56. The second-order valence-corrected chi connectivity index (χ2v) is 20.2. The first-order valence-electron chi connectivity index (χ1n) is 25.3. The van der Waals surface area contributed by atoms with Crippen LogP contribution in [0.5, 0.6) is 5.75 Å². The number of primary amides is 2. The van der Waals surface area contributed by atoms with Gasteiger partial charge in [0.05, 0.1) is 25.5 Å². The van der Waals surface area contributed by atoms with Crippen LogP contribution >= 0.6 is 11.8 Å². The van der Waals surface area contributed by atoms with Crippen LogP contribution in [0.25, 0.3) is 0 Å². The van der Waals surface area contributed by atoms with Crippen LogP contribution in [-0.4, -0.2) is 164 Å². The van der Waals surface area contributed by atoms with Crippen molar-refractivity contribution in [2.75, 3.05) is 18.6 Å². The van der Waals surface area contributed by atoms with Gasteiger partial charge in [0, 0.05) is 19.3 Å². The number of hydrogen-bond donors (Lipinski definition) is 15. The predicted octanol–water partition coefficient (Wildman–Crippen LogP) is -3.08. The van der Waals surface area contributed by atoms with E-state index in [1.165, 1.54) is 36.0 Å². The zero-order valence-corrected chi connectivity index (χ0v) is 45.5. The summed E-state index contributed by atoms with van der Waals surface area (Å²) in [4.78, 5) is 159. The molecule has 0 aliphatic rings. The fourth-order valence-corrected chi connectivity index (χ4v) is 8.10. The Hall–Kier alpha value is -7.85. The number of aromatic hydroxyl groups is 1. The summed E-state index contributed by atoms with van der Waals surface area (Å²) in [5, 5.41) is 58.1. The first-order chi connectivity index (χ1) is 37.2. The summed E-state index contributed by atoms with van der Waals surface area (Å²) in [7, 11) is 0. The largest absolute Gasteiger partial charge is 0.508 e. The van der Waals surface area contributed by atoms with Gasteiger partial charge < -0.3 is 80.2 Å². The third kappa shape index (κ3) is 24.6. The highest BCUT2D eigenvalue weighted by molar-refractivity contribution is 7.98. The molecule has 0 unspecified atom stereocenters. The predicted molar refractivity (Wildman–Crippen MR) is 287 cm³/mol. The molecule has 436 valence electrons. The Morgan fingerprint density at radius 2 is 1.00 bits per heavy atom. The monoisotopic (exact) mass is 1130 g/mol. The number of benzene rings is 2. The molecule has 10 amide bonds. The Bertz CT molecular complexity index is 2430. The van der Waals surface area contributed by atoms with Gasteiger partial charge in [-0.15, -0.1) is 0 Å². The number of rotatable bonds is 36. The molecule has 0 heterocycles. The van der Waals surface area contributed by atoms with Gasteiger partial charge in [-0.25, -0.2) is 4.79 Å². The topological polar surface area (TPSA) is 460 Å². The van der Waals surface area contributed by atoms with Gasteiger partial charge in [0.2, 0.25) is 59.1 Å². The van der Waals surface area contributed by atoms with Crippen molar-refractivity contribution in [1.29, 1.82) is 0 Å². The van der Waals surface area contributed by atoms with E-state index in [0.29, 0.717) is 16.9 Å². The van der Waals surface area contributed by atoms with Gasteiger partial charge in [-0.3, -0.25) is 52.7 Å². The number of carboxylic acid groups (broad SMARTS) is 2. The van der Waals surface area contributed by atoms with Gasteiger partial charge in [-0.1, -0.05) is 76.6 Å². The average molecular weight is 1130 g/mol. The molecule has 79 heavy (non-hydrogen) atoms. The number of aliphatic hydroxyl groups is 1. The van der Waals surface area contributed by atoms with Gasteiger partial charge in [-0.05, 0) is 66.4 Å². The van der Waals surface area contributed by atoms with Crippen LogP contribution in [0.2, 0.25) is 0 Å². The van der Waals surface area contributed by atoms with Gasteiger partial charge in [0.25, 0.3) is 0 Å². The molecule has 0 saturated heterocycles. The van der Waals surface area contributed by atoms with Crippen molar-refractivity contribution in [3.8, 4) is 5.75 Å². The average Bonchev–Trinajstić information content (AvgIpc) is 3.39. The second kappa shape index (κ2) is 34.1. The van der Waals surface area contributed by atoms with E-state index in [2.05, 4.69) is 42.5 Å². The summed E-state index contributed by atoms with van der Waals surface area (Å²) in [5.41, 5.74) is 17.6. The van der Waals surface area contributed by atoms with Gasteiger partial charge in [0.1, 0.15) is 54.1 Å². The third-order valence-electron chi connectivity index (χ3n) is 12.2. The van der Waals surface area contributed by atoms with Crippen molar-refractivity contribution in [3.05, 3.63) is 65.7 Å². The lowest BCUT2D eigenvalue weighted by Crippen LogP contribution is -2.62. The number of aliphatic carboxylic acids is 2. The molecule has 0 aliphatic heterocycles. The minimum absolute atomic E-state index is 0.0215. The third-order valence-corrected chi connectivity index (χ3v) is 12.8. The van der Waals surface area contributed by atoms with Crippen LogP contribution in [0.4, 0.5) is 0 Å². The quantitative estimate of drug-likeness (QED) is 0.0322. The minimum atomic E-state index is -2.05. The molecule has 0 fully saturated rings. The van der Waals surface area contributed by atoms with Crippen molar-refractivity contribution in [2.24, 2.45) is 29.0 Å². The molecule has 0 saturated carbocycles. The van der Waals surface area contributed by atoms with Crippen molar-refractivity contribution < 1.29 is 78.0 Å². The standard InChI is InChI=1S/C51H75N11O16S/c1-6-27(4)42(62-44(70)32(16-17-39(53)65)55-43(69)31(52)18-19-79-5)50(76)60-36(23-40(54)66)48(74)59-37(24-41(67)68)49(75)58-35(22-29-12-14-30(64)15-13-29)47(73)57-34(21-28-10-8-7-9-11-28)46(72)56-33(20-26(2)3)45(71)61-38(25-63)51(77)78/h7-15,26-27,31-38,42,63-64H,6,16-25,52H2,1-5H3,(H2,53,65)(H2,54,66)(H,55,69)(H,56,72)(H,57,73)(H,58,75)(H,59,74)(H,60,76)(H,61,71)(H,62,70)(H,67,68)(H,77,78)/t27-,31-,32-,33-,34-,35-,36-,37-,38-,42-/m0/s1. The molecule has 0 spiro atoms. The zero-order valence-electron chi connectivity index (χ0n) is 44.7. The molecule has 2 aromatic carbocycles. The second-order valence-electron chi connectivity index (χ2n) is 19.2. The highest BCUT2D eigenvalue weighted by atomic mass is 32.2. The van der Waals surface area contributed by atoms with Crippen LogP contribution in [0.1, 0.15) is 83.8 Å². The molecule has 27 nitrogen and oxygen atoms in total. The van der Waals surface area contributed by atoms with E-state index in [-0.39, 0.29) is 56.6 Å². The highest BCUT2D eigenvalue weighted by Gasteiger charge is 2.37. The minimum Gasteiger partial charge on any atom is -0.508 e. The number of hydrogen-bond acceptors (Lipinski definition) is 16. The van der Waals surface area contributed by atoms with Crippen LogP contribution in [0, 0.1) is 11.8 Å². The molecule has 10 atom stereocenters. The SMILES string of the molecule is CC[C@H](C)[C@H](NC(=O)[C@H](CCC(N)=O)NC(=O)[C@@H](N)CCSC)C(=O)N[C@@H](CC(N)=O)C(=O)N[C@@H](CC(=O)O)C(=O)N[C@@H](Cc1ccc(O)cc1)C(=O)N[C@@H](Cc1ccccc1)C(=O)N[C@@H](CC(C)C)C(=O)N[C@@H](CO)C(=O)O. The number of nitrogens with one attached hydrogen (secondary N) is 8. The zero-order chi connectivity index (χ0) is 59.5. The van der Waals surface area contributed by atoms with Crippen LogP contribution in [0.15, 0.2) is 54.6 Å². The number of phenols is 1. The van der Waals surface area contributed by atoms with E-state index in [0.717, 1.165) is 0 Å². The van der Waals surface area contributed by atoms with E-state index >= 15 is 0 Å². The van der Waals surface area contributed by atoms with E-state index in [1.54, 1.807) is 64.3 Å². The molecule has 0 aliphatic carbocycles. The molecular formula is C51H75N11O16S. The number of aliphatic hydroxyl groups excluding tert-OH is 1. The highest BCUT2D eigenvalue weighted by Crippen LogP contribution is 2.15. The van der Waals surface area contributed by atoms with Gasteiger partial charge in [0.15, 0.2) is 0 Å². The molecule has 18 N–H and O–H groups in total. The van der Waals surface area contributed by atoms with Crippen molar-refractivity contribution in [3.63, 3.8) is 0 Å². The number of carbonyl (C=O) groups is 12. The summed E-state index contributed by atoms with van der Waals surface area (Å²) < 4.78 is 0. The summed E-state index contributed by atoms with van der Waals surface area (Å²) in [5.74, 6) is -14.0. The number of nitrogens with two attached hydrogens (primary N) is 3. The summed E-state index contributed by atoms with van der Waals surface area (Å²) in [6.07, 6.45) is -1.06. The molecule has 2 rings (SSSR count). The number of phenolic OH excluding ortho intramolecular Hbond substituents is 1. The lowest BCUT2D eigenvalue weighted by atomic mass is 9.96. The molecular weight excluding hydrogens is 1050 g/mol. The van der Waals surface area contributed by atoms with E-state index < -0.39 is 151 Å². The fraction of sp³-hybridized carbons (Fsp3) is 0.529. The summed E-state index contributed by atoms with van der Waals surface area (Å²) in [6, 6.07) is -0.652. The summed E-state index contributed by atoms with van der Waals surface area (Å²) in [6.45, 7) is 5.69. The van der Waals surface area contributed by atoms with Crippen molar-refractivity contribution in [2.45, 2.75) is 140 Å². The number of amides is 10. The van der Waals surface area contributed by atoms with Gasteiger partial charge in [-0.2, -0.15) is 11.8 Å². The first kappa shape index (κ1) is 67.3. The maximum atomic E-state index is 14.5. The molecule has 0 aromatic heterocycles. The van der Waals surface area contributed by atoms with Crippen LogP contribution in [0.3, 0.4) is 0 Å². The Morgan fingerprint density at radius 1 is 0.544 bits per heavy atom. The lowest BCUT2D eigenvalue weighted by molar-refractivity contribution is -0.143. The van der Waals surface area contributed by atoms with E-state index in [1.807, 2.05) is 0 Å². The van der Waals surface area contributed by atoms with E-state index in [9.17, 15) is 78.0 Å². The van der Waals surface area contributed by atoms with Crippen molar-refractivity contribution in [1.82, 2.24) is 42.5 Å². The normalized spacial score (nSPS) is 14.8. The molecule has 0 radical (unpaired) electrons. The Labute approximate surface area is 460 Å². The Kier molecular flexibility index (Phi) is 29.1. The van der Waals surface area contributed by atoms with Crippen LogP contribution < -0.4 is 59.7 Å². The smallest absolute Gasteiger partial charge is 0.328 e. The number of carbonyl (C=O) groups excluding carboxylic acids is 10. The fourth-order valence-electron chi connectivity index (χ4n) is 7.61. The maximum absolute atomic E-state index is 14.5. The van der Waals surface area contributed by atoms with Gasteiger partial charge >= 0.3 is 11.9 Å². The molecule has 2 aromatic rings.